The van der Waals surface area contributed by atoms with Crippen LogP contribution in [0, 0.1) is 5.92 Å². The molecular formula is C11H14ClIN2O. The number of aromatic nitrogens is 1. The molecule has 5 heteroatoms. The van der Waals surface area contributed by atoms with E-state index >= 15 is 0 Å². The molecule has 0 bridgehead atoms. The van der Waals surface area contributed by atoms with E-state index in [-0.39, 0.29) is 11.9 Å². The Balaban J connectivity index is 2.68. The van der Waals surface area contributed by atoms with E-state index in [1.807, 2.05) is 0 Å². The molecule has 1 aromatic heterocycles. The molecule has 16 heavy (non-hydrogen) atoms. The predicted molar refractivity (Wildman–Crippen MR) is 74.2 cm³/mol. The fraction of sp³-hybridized carbons (Fsp3) is 0.455. The first-order valence-electron chi connectivity index (χ1n) is 5.03. The van der Waals surface area contributed by atoms with Crippen LogP contribution in [0.25, 0.3) is 0 Å². The maximum Gasteiger partial charge on any atom is 0.270 e. The van der Waals surface area contributed by atoms with Gasteiger partial charge in [-0.3, -0.25) is 4.79 Å². The van der Waals surface area contributed by atoms with Crippen molar-refractivity contribution < 1.29 is 4.79 Å². The first kappa shape index (κ1) is 13.7. The summed E-state index contributed by atoms with van der Waals surface area (Å²) in [6.45, 7) is 4.16. The molecule has 0 fully saturated rings. The van der Waals surface area contributed by atoms with E-state index < -0.39 is 0 Å². The van der Waals surface area contributed by atoms with E-state index in [1.165, 1.54) is 6.20 Å². The monoisotopic (exact) mass is 352 g/mol. The van der Waals surface area contributed by atoms with Gasteiger partial charge in [-0.25, -0.2) is 4.98 Å². The average molecular weight is 353 g/mol. The first-order valence-corrected chi connectivity index (χ1v) is 6.93. The zero-order chi connectivity index (χ0) is 12.1. The molecule has 0 aliphatic heterocycles. The van der Waals surface area contributed by atoms with Gasteiger partial charge in [-0.15, -0.1) is 0 Å². The lowest BCUT2D eigenvalue weighted by molar-refractivity contribution is 0.0927. The van der Waals surface area contributed by atoms with Gasteiger partial charge in [-0.1, -0.05) is 48.0 Å². The Hall–Kier alpha value is -0.360. The molecule has 0 spiro atoms. The zero-order valence-corrected chi connectivity index (χ0v) is 12.1. The van der Waals surface area contributed by atoms with Gasteiger partial charge in [0, 0.05) is 16.7 Å². The van der Waals surface area contributed by atoms with Gasteiger partial charge in [-0.2, -0.15) is 0 Å². The van der Waals surface area contributed by atoms with Crippen LogP contribution in [0.4, 0.5) is 0 Å². The number of hydrogen-bond donors (Lipinski definition) is 1. The number of rotatable bonds is 4. The number of alkyl halides is 1. The molecule has 1 aromatic rings. The van der Waals surface area contributed by atoms with Gasteiger partial charge in [0.2, 0.25) is 0 Å². The third-order valence-corrected chi connectivity index (χ3v) is 3.42. The molecule has 1 atom stereocenters. The molecule has 3 nitrogen and oxygen atoms in total. The summed E-state index contributed by atoms with van der Waals surface area (Å²) in [7, 11) is 0. The van der Waals surface area contributed by atoms with Crippen LogP contribution in [0.1, 0.15) is 24.3 Å². The molecule has 0 aliphatic rings. The quantitative estimate of drug-likeness (QED) is 0.669. The van der Waals surface area contributed by atoms with Crippen molar-refractivity contribution in [2.24, 2.45) is 5.92 Å². The fourth-order valence-electron chi connectivity index (χ4n) is 1.14. The van der Waals surface area contributed by atoms with Crippen LogP contribution in [-0.2, 0) is 0 Å². The van der Waals surface area contributed by atoms with E-state index in [0.29, 0.717) is 16.6 Å². The normalized spacial score (nSPS) is 12.6. The highest BCUT2D eigenvalue weighted by Gasteiger charge is 2.16. The summed E-state index contributed by atoms with van der Waals surface area (Å²) in [5, 5.41) is 3.48. The zero-order valence-electron chi connectivity index (χ0n) is 9.21. The van der Waals surface area contributed by atoms with Gasteiger partial charge in [-0.05, 0) is 18.1 Å². The Kier molecular flexibility index (Phi) is 5.48. The molecule has 1 unspecified atom stereocenters. The van der Waals surface area contributed by atoms with Crippen LogP contribution in [0.3, 0.4) is 0 Å². The lowest BCUT2D eigenvalue weighted by atomic mass is 10.1. The van der Waals surface area contributed by atoms with Crippen LogP contribution in [-0.4, -0.2) is 21.4 Å². The lowest BCUT2D eigenvalue weighted by Gasteiger charge is -2.19. The smallest absolute Gasteiger partial charge is 0.270 e. The Labute approximate surface area is 114 Å². The largest absolute Gasteiger partial charge is 0.347 e. The maximum atomic E-state index is 11.8. The molecule has 1 N–H and O–H groups in total. The lowest BCUT2D eigenvalue weighted by Crippen LogP contribution is -2.40. The SMILES string of the molecule is CC(C)C(CI)NC(=O)c1ccc(Cl)cn1. The van der Waals surface area contributed by atoms with E-state index in [0.717, 1.165) is 4.43 Å². The molecule has 1 heterocycles. The first-order chi connectivity index (χ1) is 7.54. The number of carbonyl (C=O) groups excluding carboxylic acids is 1. The molecule has 0 saturated heterocycles. The molecule has 1 rings (SSSR count). The van der Waals surface area contributed by atoms with Gasteiger partial charge in [0.25, 0.3) is 5.91 Å². The summed E-state index contributed by atoms with van der Waals surface area (Å²) < 4.78 is 0.884. The van der Waals surface area contributed by atoms with Gasteiger partial charge in [0.05, 0.1) is 5.02 Å². The number of pyridine rings is 1. The number of amides is 1. The highest BCUT2D eigenvalue weighted by atomic mass is 127. The number of hydrogen-bond acceptors (Lipinski definition) is 2. The highest BCUT2D eigenvalue weighted by molar-refractivity contribution is 14.1. The van der Waals surface area contributed by atoms with Crippen molar-refractivity contribution in [2.75, 3.05) is 4.43 Å². The minimum Gasteiger partial charge on any atom is -0.347 e. The molecule has 88 valence electrons. The number of nitrogens with one attached hydrogen (secondary N) is 1. The maximum absolute atomic E-state index is 11.8. The standard InChI is InChI=1S/C11H14ClIN2O/c1-7(2)10(5-13)15-11(16)9-4-3-8(12)6-14-9/h3-4,6-7,10H,5H2,1-2H3,(H,15,16). The summed E-state index contributed by atoms with van der Waals surface area (Å²) in [6, 6.07) is 3.46. The molecule has 0 aromatic carbocycles. The number of halogens is 2. The topological polar surface area (TPSA) is 42.0 Å². The van der Waals surface area contributed by atoms with E-state index in [4.69, 9.17) is 11.6 Å². The second-order valence-electron chi connectivity index (χ2n) is 3.84. The van der Waals surface area contributed by atoms with E-state index in [1.54, 1.807) is 12.1 Å². The van der Waals surface area contributed by atoms with Crippen molar-refractivity contribution in [2.45, 2.75) is 19.9 Å². The molecular weight excluding hydrogens is 338 g/mol. The minimum atomic E-state index is -0.146. The van der Waals surface area contributed by atoms with Crippen molar-refractivity contribution >= 4 is 40.1 Å². The van der Waals surface area contributed by atoms with Crippen molar-refractivity contribution in [3.8, 4) is 0 Å². The highest BCUT2D eigenvalue weighted by Crippen LogP contribution is 2.08. The molecule has 1 amide bonds. The summed E-state index contributed by atoms with van der Waals surface area (Å²) in [4.78, 5) is 15.8. The van der Waals surface area contributed by atoms with Crippen LogP contribution >= 0.6 is 34.2 Å². The van der Waals surface area contributed by atoms with Crippen LogP contribution in [0.5, 0.6) is 0 Å². The second kappa shape index (κ2) is 6.39. The van der Waals surface area contributed by atoms with Gasteiger partial charge in [0.1, 0.15) is 5.69 Å². The van der Waals surface area contributed by atoms with Crippen molar-refractivity contribution in [3.63, 3.8) is 0 Å². The van der Waals surface area contributed by atoms with Crippen LogP contribution < -0.4 is 5.32 Å². The third-order valence-electron chi connectivity index (χ3n) is 2.25. The van der Waals surface area contributed by atoms with Crippen molar-refractivity contribution in [1.82, 2.24) is 10.3 Å². The second-order valence-corrected chi connectivity index (χ2v) is 5.16. The Morgan fingerprint density at radius 3 is 2.69 bits per heavy atom. The van der Waals surface area contributed by atoms with Gasteiger partial charge < -0.3 is 5.32 Å². The molecule has 0 saturated carbocycles. The predicted octanol–water partition coefficient (Wildman–Crippen LogP) is 2.92. The van der Waals surface area contributed by atoms with Crippen LogP contribution in [0.15, 0.2) is 18.3 Å². The van der Waals surface area contributed by atoms with Gasteiger partial charge >= 0.3 is 0 Å². The molecule has 0 radical (unpaired) electrons. The summed E-state index contributed by atoms with van der Waals surface area (Å²) in [5.74, 6) is 0.264. The Morgan fingerprint density at radius 1 is 1.56 bits per heavy atom. The average Bonchev–Trinajstić information content (AvgIpc) is 2.26. The molecule has 0 aliphatic carbocycles. The Bertz CT molecular complexity index is 354. The number of nitrogens with zero attached hydrogens (tertiary/aromatic N) is 1. The van der Waals surface area contributed by atoms with Gasteiger partial charge in [0.15, 0.2) is 0 Å². The summed E-state index contributed by atoms with van der Waals surface area (Å²) in [5.41, 5.74) is 0.403. The van der Waals surface area contributed by atoms with Crippen molar-refractivity contribution in [3.05, 3.63) is 29.0 Å². The summed E-state index contributed by atoms with van der Waals surface area (Å²) >= 11 is 7.97. The van der Waals surface area contributed by atoms with Crippen LogP contribution in [0.2, 0.25) is 5.02 Å². The van der Waals surface area contributed by atoms with E-state index in [9.17, 15) is 4.79 Å². The van der Waals surface area contributed by atoms with Crippen molar-refractivity contribution in [1.29, 1.82) is 0 Å². The fourth-order valence-corrected chi connectivity index (χ4v) is 2.48. The van der Waals surface area contributed by atoms with E-state index in [2.05, 4.69) is 46.7 Å². The summed E-state index contributed by atoms with van der Waals surface area (Å²) in [6.07, 6.45) is 1.48. The third kappa shape index (κ3) is 3.90. The number of carbonyl (C=O) groups is 1. The Morgan fingerprint density at radius 2 is 2.25 bits per heavy atom. The minimum absolute atomic E-state index is 0.146.